The highest BCUT2D eigenvalue weighted by Crippen LogP contribution is 2.32. The van der Waals surface area contributed by atoms with Crippen LogP contribution in [0.5, 0.6) is 0 Å². The zero-order valence-corrected chi connectivity index (χ0v) is 11.4. The van der Waals surface area contributed by atoms with Gasteiger partial charge >= 0.3 is 0 Å². The van der Waals surface area contributed by atoms with Crippen molar-refractivity contribution >= 4 is 17.4 Å². The number of piperazine rings is 1. The Bertz CT molecular complexity index is 477. The molecule has 1 aromatic rings. The van der Waals surface area contributed by atoms with Crippen molar-refractivity contribution in [3.05, 3.63) is 5.69 Å². The number of hydrogen-bond donors (Lipinski definition) is 2. The van der Waals surface area contributed by atoms with Crippen molar-refractivity contribution in [3.63, 3.8) is 0 Å². The van der Waals surface area contributed by atoms with E-state index in [4.69, 9.17) is 5.73 Å². The Morgan fingerprint density at radius 1 is 1.50 bits per heavy atom. The van der Waals surface area contributed by atoms with Crippen molar-refractivity contribution in [2.24, 2.45) is 7.05 Å². The second-order valence-corrected chi connectivity index (χ2v) is 5.13. The van der Waals surface area contributed by atoms with Gasteiger partial charge in [-0.2, -0.15) is 5.10 Å². The number of carbonyl (C=O) groups is 1. The van der Waals surface area contributed by atoms with Gasteiger partial charge in [0, 0.05) is 20.1 Å². The summed E-state index contributed by atoms with van der Waals surface area (Å²) < 4.78 is 1.77. The van der Waals surface area contributed by atoms with Crippen LogP contribution in [0.3, 0.4) is 0 Å². The number of carbonyl (C=O) groups excluding carboxylic acids is 1. The molecule has 1 aliphatic rings. The lowest BCUT2D eigenvalue weighted by atomic mass is 9.98. The zero-order chi connectivity index (χ0) is 13.5. The van der Waals surface area contributed by atoms with Gasteiger partial charge < -0.3 is 16.0 Å². The van der Waals surface area contributed by atoms with Gasteiger partial charge in [-0.25, -0.2) is 0 Å². The zero-order valence-electron chi connectivity index (χ0n) is 11.4. The van der Waals surface area contributed by atoms with Crippen LogP contribution in [0.1, 0.15) is 26.5 Å². The number of amides is 1. The number of aromatic nitrogens is 2. The van der Waals surface area contributed by atoms with Gasteiger partial charge in [-0.1, -0.05) is 6.92 Å². The van der Waals surface area contributed by atoms with Crippen LogP contribution in [0.2, 0.25) is 0 Å². The van der Waals surface area contributed by atoms with E-state index in [1.54, 1.807) is 4.68 Å². The molecule has 2 rings (SSSR count). The molecule has 1 fully saturated rings. The highest BCUT2D eigenvalue weighted by atomic mass is 16.2. The quantitative estimate of drug-likeness (QED) is 0.791. The SMILES string of the molecule is CCc1nn(C)c(N2CCNC(=O)C2(C)C)c1N. The van der Waals surface area contributed by atoms with Crippen molar-refractivity contribution in [2.45, 2.75) is 32.7 Å². The molecule has 1 saturated heterocycles. The summed E-state index contributed by atoms with van der Waals surface area (Å²) in [5.74, 6) is 0.860. The van der Waals surface area contributed by atoms with Crippen molar-refractivity contribution in [1.82, 2.24) is 15.1 Å². The molecule has 3 N–H and O–H groups in total. The van der Waals surface area contributed by atoms with Crippen LogP contribution < -0.4 is 16.0 Å². The van der Waals surface area contributed by atoms with Crippen LogP contribution in [-0.2, 0) is 18.3 Å². The summed E-state index contributed by atoms with van der Waals surface area (Å²) in [7, 11) is 1.87. The van der Waals surface area contributed by atoms with Gasteiger partial charge in [0.15, 0.2) is 5.82 Å². The Kier molecular flexibility index (Phi) is 2.96. The number of nitrogens with two attached hydrogens (primary N) is 1. The van der Waals surface area contributed by atoms with Gasteiger partial charge in [-0.15, -0.1) is 0 Å². The molecule has 1 aromatic heterocycles. The first-order valence-electron chi connectivity index (χ1n) is 6.26. The molecule has 0 aromatic carbocycles. The minimum Gasteiger partial charge on any atom is -0.394 e. The number of nitrogens with one attached hydrogen (secondary N) is 1. The van der Waals surface area contributed by atoms with Gasteiger partial charge in [0.05, 0.1) is 11.4 Å². The molecule has 1 amide bonds. The Morgan fingerprint density at radius 3 is 2.72 bits per heavy atom. The summed E-state index contributed by atoms with van der Waals surface area (Å²) in [6, 6.07) is 0. The Balaban J connectivity index is 2.48. The van der Waals surface area contributed by atoms with Gasteiger partial charge in [-0.05, 0) is 20.3 Å². The molecule has 0 radical (unpaired) electrons. The third-order valence-electron chi connectivity index (χ3n) is 3.57. The maximum Gasteiger partial charge on any atom is 0.245 e. The van der Waals surface area contributed by atoms with E-state index < -0.39 is 5.54 Å². The predicted molar refractivity (Wildman–Crippen MR) is 71.4 cm³/mol. The molecule has 0 atom stereocenters. The summed E-state index contributed by atoms with van der Waals surface area (Å²) in [5, 5.41) is 7.29. The molecule has 18 heavy (non-hydrogen) atoms. The number of hydrogen-bond acceptors (Lipinski definition) is 4. The molecule has 0 aliphatic carbocycles. The van der Waals surface area contributed by atoms with E-state index in [1.807, 2.05) is 32.7 Å². The second-order valence-electron chi connectivity index (χ2n) is 5.13. The summed E-state index contributed by atoms with van der Waals surface area (Å²) >= 11 is 0. The van der Waals surface area contributed by atoms with E-state index in [0.717, 1.165) is 24.5 Å². The van der Waals surface area contributed by atoms with Gasteiger partial charge in [-0.3, -0.25) is 9.48 Å². The minimum absolute atomic E-state index is 0.0207. The third-order valence-corrected chi connectivity index (χ3v) is 3.57. The van der Waals surface area contributed by atoms with E-state index in [9.17, 15) is 4.79 Å². The lowest BCUT2D eigenvalue weighted by Gasteiger charge is -2.42. The van der Waals surface area contributed by atoms with Crippen molar-refractivity contribution in [1.29, 1.82) is 0 Å². The van der Waals surface area contributed by atoms with Crippen LogP contribution in [-0.4, -0.2) is 34.3 Å². The molecule has 0 bridgehead atoms. The van der Waals surface area contributed by atoms with E-state index in [1.165, 1.54) is 0 Å². The first-order valence-corrected chi connectivity index (χ1v) is 6.26. The molecule has 0 saturated carbocycles. The number of rotatable bonds is 2. The average Bonchev–Trinajstić information content (AvgIpc) is 2.58. The Labute approximate surface area is 107 Å². The number of nitrogen functional groups attached to an aromatic ring is 1. The van der Waals surface area contributed by atoms with Gasteiger partial charge in [0.1, 0.15) is 5.54 Å². The molecule has 2 heterocycles. The van der Waals surface area contributed by atoms with E-state index >= 15 is 0 Å². The lowest BCUT2D eigenvalue weighted by Crippen LogP contribution is -2.62. The highest BCUT2D eigenvalue weighted by molar-refractivity contribution is 5.91. The topological polar surface area (TPSA) is 76.2 Å². The summed E-state index contributed by atoms with van der Waals surface area (Å²) in [6.07, 6.45) is 0.792. The molecule has 6 heteroatoms. The minimum atomic E-state index is -0.606. The number of nitrogens with zero attached hydrogens (tertiary/aromatic N) is 3. The summed E-state index contributed by atoms with van der Waals surface area (Å²) in [5.41, 5.74) is 7.12. The molecular weight excluding hydrogens is 230 g/mol. The van der Waals surface area contributed by atoms with Crippen LogP contribution >= 0.6 is 0 Å². The first-order chi connectivity index (χ1) is 8.39. The van der Waals surface area contributed by atoms with Crippen LogP contribution in [0.15, 0.2) is 0 Å². The summed E-state index contributed by atoms with van der Waals surface area (Å²) in [4.78, 5) is 14.0. The van der Waals surface area contributed by atoms with Crippen LogP contribution in [0.25, 0.3) is 0 Å². The summed E-state index contributed by atoms with van der Waals surface area (Å²) in [6.45, 7) is 7.20. The molecule has 100 valence electrons. The van der Waals surface area contributed by atoms with Gasteiger partial charge in [0.25, 0.3) is 0 Å². The number of anilines is 2. The second kappa shape index (κ2) is 4.19. The normalized spacial score (nSPS) is 18.9. The van der Waals surface area contributed by atoms with E-state index in [2.05, 4.69) is 10.4 Å². The Morgan fingerprint density at radius 2 is 2.17 bits per heavy atom. The van der Waals surface area contributed by atoms with E-state index in [-0.39, 0.29) is 5.91 Å². The standard InChI is InChI=1S/C12H21N5O/c1-5-8-9(13)10(16(4)15-8)17-7-6-14-11(18)12(17,2)3/h5-7,13H2,1-4H3,(H,14,18). The molecule has 6 nitrogen and oxygen atoms in total. The fraction of sp³-hybridized carbons (Fsp3) is 0.667. The largest absolute Gasteiger partial charge is 0.394 e. The first kappa shape index (κ1) is 12.7. The lowest BCUT2D eigenvalue weighted by molar-refractivity contribution is -0.126. The van der Waals surface area contributed by atoms with Crippen LogP contribution in [0.4, 0.5) is 11.5 Å². The smallest absolute Gasteiger partial charge is 0.245 e. The fourth-order valence-electron chi connectivity index (χ4n) is 2.44. The van der Waals surface area contributed by atoms with E-state index in [0.29, 0.717) is 12.2 Å². The highest BCUT2D eigenvalue weighted by Gasteiger charge is 2.40. The van der Waals surface area contributed by atoms with Crippen LogP contribution in [0, 0.1) is 0 Å². The molecule has 1 aliphatic heterocycles. The monoisotopic (exact) mass is 251 g/mol. The van der Waals surface area contributed by atoms with Gasteiger partial charge in [0.2, 0.25) is 5.91 Å². The van der Waals surface area contributed by atoms with Crippen molar-refractivity contribution in [3.8, 4) is 0 Å². The predicted octanol–water partition coefficient (Wildman–Crippen LogP) is 0.280. The fourth-order valence-corrected chi connectivity index (χ4v) is 2.44. The Hall–Kier alpha value is -1.72. The third kappa shape index (κ3) is 1.72. The van der Waals surface area contributed by atoms with Crippen molar-refractivity contribution < 1.29 is 4.79 Å². The molecule has 0 unspecified atom stereocenters. The molecular formula is C12H21N5O. The number of aryl methyl sites for hydroxylation is 2. The van der Waals surface area contributed by atoms with Crippen molar-refractivity contribution in [2.75, 3.05) is 23.7 Å². The molecule has 0 spiro atoms. The maximum atomic E-state index is 12.0. The average molecular weight is 251 g/mol. The maximum absolute atomic E-state index is 12.0.